The molecule has 0 radical (unpaired) electrons. The molecule has 10 heteroatoms. The van der Waals surface area contributed by atoms with Gasteiger partial charge in [0.15, 0.2) is 5.78 Å². The van der Waals surface area contributed by atoms with Crippen LogP contribution in [0, 0.1) is 0 Å². The van der Waals surface area contributed by atoms with E-state index in [9.17, 15) is 22.8 Å². The summed E-state index contributed by atoms with van der Waals surface area (Å²) in [6, 6.07) is 6.10. The van der Waals surface area contributed by atoms with Gasteiger partial charge in [0.05, 0.1) is 24.1 Å². The summed E-state index contributed by atoms with van der Waals surface area (Å²) < 4.78 is 30.9. The summed E-state index contributed by atoms with van der Waals surface area (Å²) in [5.41, 5.74) is 1.83. The second kappa shape index (κ2) is 9.83. The molecule has 0 bridgehead atoms. The first kappa shape index (κ1) is 23.9. The van der Waals surface area contributed by atoms with Crippen molar-refractivity contribution < 1.29 is 27.5 Å². The Balaban J connectivity index is 1.89. The SMILES string of the molecule is CCOC(=O)c1c(NC(=O)CN(c2cccc(C(C)=O)c2)S(C)(=O)=O)sc2c1CCCC2. The van der Waals surface area contributed by atoms with E-state index in [-0.39, 0.29) is 18.1 Å². The monoisotopic (exact) mass is 478 g/mol. The van der Waals surface area contributed by atoms with Crippen LogP contribution in [-0.2, 0) is 32.4 Å². The third-order valence-corrected chi connectivity index (χ3v) is 7.48. The lowest BCUT2D eigenvalue weighted by atomic mass is 9.95. The number of ketones is 1. The highest BCUT2D eigenvalue weighted by molar-refractivity contribution is 7.92. The first-order valence-electron chi connectivity index (χ1n) is 10.3. The van der Waals surface area contributed by atoms with Crippen molar-refractivity contribution in [2.75, 3.05) is 29.0 Å². The molecule has 1 aliphatic carbocycles. The van der Waals surface area contributed by atoms with E-state index >= 15 is 0 Å². The average molecular weight is 479 g/mol. The zero-order valence-corrected chi connectivity index (χ0v) is 19.9. The normalized spacial score (nSPS) is 13.2. The van der Waals surface area contributed by atoms with Gasteiger partial charge in [-0.05, 0) is 57.2 Å². The second-order valence-electron chi connectivity index (χ2n) is 7.56. The summed E-state index contributed by atoms with van der Waals surface area (Å²) in [5, 5.41) is 3.10. The molecule has 1 N–H and O–H groups in total. The molecule has 0 saturated carbocycles. The maximum Gasteiger partial charge on any atom is 0.341 e. The molecule has 1 amide bonds. The van der Waals surface area contributed by atoms with Gasteiger partial charge in [-0.1, -0.05) is 12.1 Å². The zero-order chi connectivity index (χ0) is 23.5. The molecule has 8 nitrogen and oxygen atoms in total. The summed E-state index contributed by atoms with van der Waals surface area (Å²) >= 11 is 1.34. The van der Waals surface area contributed by atoms with E-state index in [1.165, 1.54) is 30.4 Å². The lowest BCUT2D eigenvalue weighted by Gasteiger charge is -2.22. The predicted octanol–water partition coefficient (Wildman–Crippen LogP) is 3.41. The minimum absolute atomic E-state index is 0.213. The van der Waals surface area contributed by atoms with Gasteiger partial charge in [0.1, 0.15) is 11.5 Å². The van der Waals surface area contributed by atoms with Crippen molar-refractivity contribution in [1.82, 2.24) is 0 Å². The van der Waals surface area contributed by atoms with Crippen molar-refractivity contribution >= 4 is 49.7 Å². The first-order valence-corrected chi connectivity index (χ1v) is 13.0. The van der Waals surface area contributed by atoms with Crippen LogP contribution in [-0.4, -0.2) is 45.5 Å². The lowest BCUT2D eigenvalue weighted by molar-refractivity contribution is -0.114. The van der Waals surface area contributed by atoms with Gasteiger partial charge in [-0.2, -0.15) is 0 Å². The van der Waals surface area contributed by atoms with Gasteiger partial charge in [0, 0.05) is 10.4 Å². The average Bonchev–Trinajstić information content (AvgIpc) is 3.09. The van der Waals surface area contributed by atoms with Gasteiger partial charge < -0.3 is 10.1 Å². The maximum atomic E-state index is 12.9. The fourth-order valence-electron chi connectivity index (χ4n) is 3.65. The number of nitrogens with zero attached hydrogens (tertiary/aromatic N) is 1. The van der Waals surface area contributed by atoms with Crippen LogP contribution in [0.2, 0.25) is 0 Å². The molecule has 0 fully saturated rings. The van der Waals surface area contributed by atoms with Gasteiger partial charge in [0.25, 0.3) is 0 Å². The van der Waals surface area contributed by atoms with Crippen LogP contribution in [0.1, 0.15) is 57.8 Å². The molecule has 3 rings (SSSR count). The summed E-state index contributed by atoms with van der Waals surface area (Å²) in [7, 11) is -3.81. The van der Waals surface area contributed by atoms with Crippen LogP contribution in [0.3, 0.4) is 0 Å². The Labute approximate surface area is 191 Å². The number of ether oxygens (including phenoxy) is 1. The summed E-state index contributed by atoms with van der Waals surface area (Å²) in [6.45, 7) is 2.82. The lowest BCUT2D eigenvalue weighted by Crippen LogP contribution is -2.37. The van der Waals surface area contributed by atoms with Crippen LogP contribution < -0.4 is 9.62 Å². The van der Waals surface area contributed by atoms with Crippen LogP contribution in [0.15, 0.2) is 24.3 Å². The Hall–Kier alpha value is -2.72. The highest BCUT2D eigenvalue weighted by Gasteiger charge is 2.28. The number of Topliss-reactive ketones (excluding diaryl/α,β-unsaturated/α-hetero) is 1. The number of sulfonamides is 1. The number of esters is 1. The number of rotatable bonds is 8. The van der Waals surface area contributed by atoms with E-state index in [1.54, 1.807) is 19.1 Å². The van der Waals surface area contributed by atoms with Gasteiger partial charge in [0.2, 0.25) is 15.9 Å². The molecule has 2 aromatic rings. The number of carbonyl (C=O) groups is 3. The van der Waals surface area contributed by atoms with Crippen LogP contribution >= 0.6 is 11.3 Å². The Kier molecular flexibility index (Phi) is 7.35. The van der Waals surface area contributed by atoms with Gasteiger partial charge in [-0.25, -0.2) is 13.2 Å². The van der Waals surface area contributed by atoms with E-state index < -0.39 is 28.4 Å². The van der Waals surface area contributed by atoms with Crippen molar-refractivity contribution in [2.24, 2.45) is 0 Å². The molecular formula is C22H26N2O6S2. The summed E-state index contributed by atoms with van der Waals surface area (Å²) in [4.78, 5) is 38.2. The second-order valence-corrected chi connectivity index (χ2v) is 10.6. The topological polar surface area (TPSA) is 110 Å². The van der Waals surface area contributed by atoms with Crippen molar-refractivity contribution in [1.29, 1.82) is 0 Å². The Morgan fingerprint density at radius 1 is 1.19 bits per heavy atom. The molecule has 0 saturated heterocycles. The number of benzene rings is 1. The molecule has 1 aliphatic rings. The fraction of sp³-hybridized carbons (Fsp3) is 0.409. The standard InChI is InChI=1S/C22H26N2O6S2/c1-4-30-22(27)20-17-10-5-6-11-18(17)31-21(20)23-19(26)13-24(32(3,28)29)16-9-7-8-15(12-16)14(2)25/h7-9,12H,4-6,10-11,13H2,1-3H3,(H,23,26). The smallest absolute Gasteiger partial charge is 0.341 e. The van der Waals surface area contributed by atoms with Crippen molar-refractivity contribution in [3.63, 3.8) is 0 Å². The third kappa shape index (κ3) is 5.36. The number of hydrogen-bond donors (Lipinski definition) is 1. The number of carbonyl (C=O) groups excluding carboxylic acids is 3. The number of hydrogen-bond acceptors (Lipinski definition) is 7. The molecule has 1 aromatic heterocycles. The van der Waals surface area contributed by atoms with Crippen LogP contribution in [0.4, 0.5) is 10.7 Å². The number of amides is 1. The van der Waals surface area contributed by atoms with E-state index in [0.717, 1.165) is 46.7 Å². The highest BCUT2D eigenvalue weighted by Crippen LogP contribution is 2.38. The molecule has 32 heavy (non-hydrogen) atoms. The largest absolute Gasteiger partial charge is 0.462 e. The highest BCUT2D eigenvalue weighted by atomic mass is 32.2. The van der Waals surface area contributed by atoms with E-state index in [4.69, 9.17) is 4.74 Å². The van der Waals surface area contributed by atoms with E-state index in [1.807, 2.05) is 0 Å². The molecule has 0 spiro atoms. The van der Waals surface area contributed by atoms with Gasteiger partial charge >= 0.3 is 5.97 Å². The maximum absolute atomic E-state index is 12.9. The molecule has 1 heterocycles. The van der Waals surface area contributed by atoms with Crippen molar-refractivity contribution in [3.8, 4) is 0 Å². The number of aryl methyl sites for hydroxylation is 1. The molecule has 0 atom stereocenters. The summed E-state index contributed by atoms with van der Waals surface area (Å²) in [5.74, 6) is -1.29. The third-order valence-electron chi connectivity index (χ3n) is 5.13. The quantitative estimate of drug-likeness (QED) is 0.460. The molecule has 1 aromatic carbocycles. The summed E-state index contributed by atoms with van der Waals surface area (Å²) in [6.07, 6.45) is 4.53. The van der Waals surface area contributed by atoms with Crippen molar-refractivity contribution in [3.05, 3.63) is 45.8 Å². The fourth-order valence-corrected chi connectivity index (χ4v) is 5.79. The molecule has 172 valence electrons. The van der Waals surface area contributed by atoms with Gasteiger partial charge in [-0.3, -0.25) is 13.9 Å². The molecular weight excluding hydrogens is 452 g/mol. The number of nitrogens with one attached hydrogen (secondary N) is 1. The molecule has 0 unspecified atom stereocenters. The number of fused-ring (bicyclic) bond motifs is 1. The Morgan fingerprint density at radius 2 is 1.91 bits per heavy atom. The predicted molar refractivity (Wildman–Crippen MR) is 124 cm³/mol. The van der Waals surface area contributed by atoms with E-state index in [2.05, 4.69) is 5.32 Å². The number of anilines is 2. The minimum Gasteiger partial charge on any atom is -0.462 e. The Morgan fingerprint density at radius 3 is 2.56 bits per heavy atom. The zero-order valence-electron chi connectivity index (χ0n) is 18.3. The van der Waals surface area contributed by atoms with Gasteiger partial charge in [-0.15, -0.1) is 11.3 Å². The first-order chi connectivity index (χ1) is 15.1. The number of thiophene rings is 1. The Bertz CT molecular complexity index is 1150. The van der Waals surface area contributed by atoms with E-state index in [0.29, 0.717) is 16.1 Å². The minimum atomic E-state index is -3.81. The van der Waals surface area contributed by atoms with Crippen LogP contribution in [0.25, 0.3) is 0 Å². The van der Waals surface area contributed by atoms with Crippen molar-refractivity contribution in [2.45, 2.75) is 39.5 Å². The molecule has 0 aliphatic heterocycles. The van der Waals surface area contributed by atoms with Crippen LogP contribution in [0.5, 0.6) is 0 Å².